The third-order valence-electron chi connectivity index (χ3n) is 3.53. The molecule has 0 aliphatic carbocycles. The zero-order chi connectivity index (χ0) is 17.5. The van der Waals surface area contributed by atoms with Gasteiger partial charge in [0.2, 0.25) is 5.89 Å². The number of benzene rings is 2. The molecule has 1 heterocycles. The lowest BCUT2D eigenvalue weighted by Crippen LogP contribution is -2.30. The first-order valence-electron chi connectivity index (χ1n) is 7.10. The molecule has 0 aliphatic rings. The second-order valence-electron chi connectivity index (χ2n) is 5.47. The molecule has 0 bridgehead atoms. The van der Waals surface area contributed by atoms with Crippen molar-refractivity contribution in [2.45, 2.75) is 20.0 Å². The number of carbonyl (C=O) groups excluding carboxylic acids is 1. The highest BCUT2D eigenvalue weighted by molar-refractivity contribution is 5.96. The van der Waals surface area contributed by atoms with E-state index in [1.54, 1.807) is 25.1 Å². The Morgan fingerprint density at radius 3 is 2.58 bits per heavy atom. The lowest BCUT2D eigenvalue weighted by Gasteiger charge is -2.11. The smallest absolute Gasteiger partial charge is 0.436 e. The highest BCUT2D eigenvalue weighted by atomic mass is 19.4. The highest BCUT2D eigenvalue weighted by Crippen LogP contribution is 2.29. The molecule has 3 rings (SSSR count). The maximum absolute atomic E-state index is 12.4. The molecule has 24 heavy (non-hydrogen) atoms. The number of rotatable bonds is 2. The van der Waals surface area contributed by atoms with Crippen LogP contribution in [-0.2, 0) is 4.79 Å². The van der Waals surface area contributed by atoms with E-state index in [9.17, 15) is 18.0 Å². The van der Waals surface area contributed by atoms with Crippen LogP contribution in [0.3, 0.4) is 0 Å². The van der Waals surface area contributed by atoms with Gasteiger partial charge in [0.1, 0.15) is 5.52 Å². The van der Waals surface area contributed by atoms with Crippen LogP contribution in [-0.4, -0.2) is 17.1 Å². The maximum atomic E-state index is 12.4. The minimum Gasteiger partial charge on any atom is -0.436 e. The molecular formula is C17H13F3N2O2. The zero-order valence-electron chi connectivity index (χ0n) is 12.9. The molecule has 1 aromatic heterocycles. The van der Waals surface area contributed by atoms with Gasteiger partial charge >= 0.3 is 12.1 Å². The van der Waals surface area contributed by atoms with E-state index >= 15 is 0 Å². The van der Waals surface area contributed by atoms with Gasteiger partial charge in [-0.1, -0.05) is 12.1 Å². The molecule has 0 saturated carbocycles. The van der Waals surface area contributed by atoms with Crippen molar-refractivity contribution >= 4 is 22.7 Å². The van der Waals surface area contributed by atoms with Crippen molar-refractivity contribution in [1.29, 1.82) is 0 Å². The van der Waals surface area contributed by atoms with Gasteiger partial charge < -0.3 is 9.73 Å². The molecule has 1 N–H and O–H groups in total. The standard InChI is InChI=1S/C17H13F3N2O2/c1-9-3-6-14-13(7-9)21-15(24-14)11-5-4-10(2)12(8-11)22-16(23)17(18,19)20/h3-8H,1-2H3,(H,22,23). The minimum absolute atomic E-state index is 0.0632. The maximum Gasteiger partial charge on any atom is 0.471 e. The van der Waals surface area contributed by atoms with Crippen LogP contribution in [0.25, 0.3) is 22.6 Å². The van der Waals surface area contributed by atoms with E-state index in [-0.39, 0.29) is 11.6 Å². The van der Waals surface area contributed by atoms with Gasteiger partial charge in [0.05, 0.1) is 0 Å². The number of aryl methyl sites for hydroxylation is 2. The normalized spacial score (nSPS) is 11.7. The van der Waals surface area contributed by atoms with Crippen molar-refractivity contribution in [3.63, 3.8) is 0 Å². The zero-order valence-corrected chi connectivity index (χ0v) is 12.9. The van der Waals surface area contributed by atoms with Crippen molar-refractivity contribution in [1.82, 2.24) is 4.98 Å². The van der Waals surface area contributed by atoms with Crippen LogP contribution in [0.15, 0.2) is 40.8 Å². The fourth-order valence-electron chi connectivity index (χ4n) is 2.24. The summed E-state index contributed by atoms with van der Waals surface area (Å²) in [5.74, 6) is -1.74. The summed E-state index contributed by atoms with van der Waals surface area (Å²) in [6.07, 6.45) is -4.95. The quantitative estimate of drug-likeness (QED) is 0.744. The molecule has 3 aromatic rings. The molecule has 0 saturated heterocycles. The summed E-state index contributed by atoms with van der Waals surface area (Å²) in [5.41, 5.74) is 3.30. The number of hydrogen-bond acceptors (Lipinski definition) is 3. The summed E-state index contributed by atoms with van der Waals surface area (Å²) in [7, 11) is 0. The lowest BCUT2D eigenvalue weighted by molar-refractivity contribution is -0.167. The molecule has 0 spiro atoms. The van der Waals surface area contributed by atoms with E-state index in [1.807, 2.05) is 24.4 Å². The largest absolute Gasteiger partial charge is 0.471 e. The van der Waals surface area contributed by atoms with Crippen molar-refractivity contribution in [2.24, 2.45) is 0 Å². The number of nitrogens with one attached hydrogen (secondary N) is 1. The van der Waals surface area contributed by atoms with Crippen LogP contribution in [0.4, 0.5) is 18.9 Å². The fraction of sp³-hybridized carbons (Fsp3) is 0.176. The summed E-state index contributed by atoms with van der Waals surface area (Å²) in [6, 6.07) is 10.2. The number of amides is 1. The Bertz CT molecular complexity index is 929. The Balaban J connectivity index is 1.99. The van der Waals surface area contributed by atoms with Gasteiger partial charge in [0.15, 0.2) is 5.58 Å². The molecule has 1 amide bonds. The van der Waals surface area contributed by atoms with Crippen LogP contribution in [0, 0.1) is 13.8 Å². The topological polar surface area (TPSA) is 55.1 Å². The summed E-state index contributed by atoms with van der Waals surface area (Å²) in [5, 5.41) is 1.87. The van der Waals surface area contributed by atoms with E-state index in [2.05, 4.69) is 4.98 Å². The van der Waals surface area contributed by atoms with Crippen molar-refractivity contribution < 1.29 is 22.4 Å². The third-order valence-corrected chi connectivity index (χ3v) is 3.53. The number of halogens is 3. The molecule has 0 aliphatic heterocycles. The first-order chi connectivity index (χ1) is 11.2. The van der Waals surface area contributed by atoms with E-state index < -0.39 is 12.1 Å². The Labute approximate surface area is 135 Å². The molecule has 124 valence electrons. The summed E-state index contributed by atoms with van der Waals surface area (Å²) in [4.78, 5) is 15.5. The Hall–Kier alpha value is -2.83. The minimum atomic E-state index is -4.95. The average molecular weight is 334 g/mol. The van der Waals surface area contributed by atoms with Crippen molar-refractivity contribution in [2.75, 3.05) is 5.32 Å². The molecule has 4 nitrogen and oxygen atoms in total. The Morgan fingerprint density at radius 2 is 1.88 bits per heavy atom. The number of fused-ring (bicyclic) bond motifs is 1. The van der Waals surface area contributed by atoms with Crippen molar-refractivity contribution in [3.05, 3.63) is 47.5 Å². The molecular weight excluding hydrogens is 321 g/mol. The van der Waals surface area contributed by atoms with E-state index in [1.165, 1.54) is 6.07 Å². The molecule has 0 fully saturated rings. The Kier molecular flexibility index (Phi) is 3.79. The number of anilines is 1. The van der Waals surface area contributed by atoms with E-state index in [0.29, 0.717) is 22.2 Å². The van der Waals surface area contributed by atoms with Crippen molar-refractivity contribution in [3.8, 4) is 11.5 Å². The SMILES string of the molecule is Cc1ccc2oc(-c3ccc(C)c(NC(=O)C(F)(F)F)c3)nc2c1. The molecule has 2 aromatic carbocycles. The Morgan fingerprint density at radius 1 is 1.12 bits per heavy atom. The molecule has 0 atom stereocenters. The molecule has 0 radical (unpaired) electrons. The van der Waals surface area contributed by atoms with Crippen LogP contribution in [0.2, 0.25) is 0 Å². The van der Waals surface area contributed by atoms with E-state index in [4.69, 9.17) is 4.42 Å². The van der Waals surface area contributed by atoms with Crippen LogP contribution in [0.5, 0.6) is 0 Å². The summed E-state index contributed by atoms with van der Waals surface area (Å²) in [6.45, 7) is 3.52. The predicted octanol–water partition coefficient (Wildman–Crippen LogP) is 4.61. The predicted molar refractivity (Wildman–Crippen MR) is 83.6 cm³/mol. The lowest BCUT2D eigenvalue weighted by atomic mass is 10.1. The van der Waals surface area contributed by atoms with Gasteiger partial charge in [-0.05, 0) is 49.2 Å². The monoisotopic (exact) mass is 334 g/mol. The first kappa shape index (κ1) is 16.0. The van der Waals surface area contributed by atoms with Gasteiger partial charge in [-0.3, -0.25) is 4.79 Å². The average Bonchev–Trinajstić information content (AvgIpc) is 2.91. The second-order valence-corrected chi connectivity index (χ2v) is 5.47. The number of carbonyl (C=O) groups is 1. The molecule has 7 heteroatoms. The van der Waals surface area contributed by atoms with Gasteiger partial charge in [0.25, 0.3) is 0 Å². The number of oxazole rings is 1. The number of aromatic nitrogens is 1. The first-order valence-corrected chi connectivity index (χ1v) is 7.10. The van der Waals surface area contributed by atoms with Crippen LogP contribution < -0.4 is 5.32 Å². The highest BCUT2D eigenvalue weighted by Gasteiger charge is 2.38. The number of nitrogens with zero attached hydrogens (tertiary/aromatic N) is 1. The second kappa shape index (κ2) is 5.67. The van der Waals surface area contributed by atoms with Crippen LogP contribution in [0.1, 0.15) is 11.1 Å². The van der Waals surface area contributed by atoms with Gasteiger partial charge in [-0.15, -0.1) is 0 Å². The summed E-state index contributed by atoms with van der Waals surface area (Å²) < 4.78 is 42.9. The number of alkyl halides is 3. The molecule has 0 unspecified atom stereocenters. The van der Waals surface area contributed by atoms with Gasteiger partial charge in [-0.2, -0.15) is 13.2 Å². The summed E-state index contributed by atoms with van der Waals surface area (Å²) >= 11 is 0. The fourth-order valence-corrected chi connectivity index (χ4v) is 2.24. The van der Waals surface area contributed by atoms with Gasteiger partial charge in [-0.25, -0.2) is 4.98 Å². The third kappa shape index (κ3) is 3.10. The number of hydrogen-bond donors (Lipinski definition) is 1. The van der Waals surface area contributed by atoms with E-state index in [0.717, 1.165) is 5.56 Å². The van der Waals surface area contributed by atoms with Crippen LogP contribution >= 0.6 is 0 Å². The van der Waals surface area contributed by atoms with Gasteiger partial charge in [0, 0.05) is 11.3 Å².